The third-order valence-corrected chi connectivity index (χ3v) is 2.39. The first-order valence-electron chi connectivity index (χ1n) is 6.34. The Morgan fingerprint density at radius 1 is 1.20 bits per heavy atom. The molecule has 108 valence electrons. The van der Waals surface area contributed by atoms with E-state index in [1.54, 1.807) is 0 Å². The lowest BCUT2D eigenvalue weighted by Gasteiger charge is -2.00. The molecule has 1 rings (SSSR count). The van der Waals surface area contributed by atoms with Gasteiger partial charge in [-0.3, -0.25) is 4.79 Å². The lowest BCUT2D eigenvalue weighted by molar-refractivity contribution is -0.134. The molecule has 0 fully saturated rings. The summed E-state index contributed by atoms with van der Waals surface area (Å²) in [5.74, 6) is 5.86. The predicted octanol–water partition coefficient (Wildman–Crippen LogP) is 1.42. The molecule has 0 unspecified atom stereocenters. The van der Waals surface area contributed by atoms with Crippen molar-refractivity contribution in [1.82, 2.24) is 0 Å². The molecule has 0 amide bonds. The maximum atomic E-state index is 11.8. The van der Waals surface area contributed by atoms with Gasteiger partial charge in [-0.2, -0.15) is 4.39 Å². The Hall–Kier alpha value is -1.74. The van der Waals surface area contributed by atoms with E-state index >= 15 is 0 Å². The molecular formula is C15H18FNO3. The molecule has 0 aliphatic rings. The van der Waals surface area contributed by atoms with Crippen molar-refractivity contribution in [3.8, 4) is 11.8 Å². The van der Waals surface area contributed by atoms with Gasteiger partial charge in [0.25, 0.3) is 0 Å². The zero-order chi connectivity index (χ0) is 14.6. The number of carbonyl (C=O) groups is 1. The molecule has 4 nitrogen and oxygen atoms in total. The summed E-state index contributed by atoms with van der Waals surface area (Å²) < 4.78 is 21.8. The van der Waals surface area contributed by atoms with Crippen LogP contribution in [-0.4, -0.2) is 32.5 Å². The predicted molar refractivity (Wildman–Crippen MR) is 73.6 cm³/mol. The summed E-state index contributed by atoms with van der Waals surface area (Å²) in [6.45, 7) is 1.11. The van der Waals surface area contributed by atoms with Gasteiger partial charge in [0.05, 0.1) is 6.61 Å². The van der Waals surface area contributed by atoms with Gasteiger partial charge in [-0.25, -0.2) is 0 Å². The van der Waals surface area contributed by atoms with Gasteiger partial charge < -0.3 is 15.2 Å². The Bertz CT molecular complexity index is 462. The topological polar surface area (TPSA) is 61.6 Å². The average Bonchev–Trinajstić information content (AvgIpc) is 2.46. The van der Waals surface area contributed by atoms with Crippen molar-refractivity contribution in [1.29, 1.82) is 0 Å². The molecule has 0 saturated carbocycles. The molecule has 0 saturated heterocycles. The highest BCUT2D eigenvalue weighted by Crippen LogP contribution is 2.01. The van der Waals surface area contributed by atoms with E-state index in [0.29, 0.717) is 32.8 Å². The zero-order valence-electron chi connectivity index (χ0n) is 11.2. The van der Waals surface area contributed by atoms with Crippen LogP contribution in [-0.2, 0) is 20.8 Å². The van der Waals surface area contributed by atoms with Crippen LogP contribution in [0.25, 0.3) is 0 Å². The minimum Gasteiger partial charge on any atom is -0.371 e. The van der Waals surface area contributed by atoms with Crippen molar-refractivity contribution < 1.29 is 18.7 Å². The second kappa shape index (κ2) is 10.1. The number of hydrogen-bond acceptors (Lipinski definition) is 4. The van der Waals surface area contributed by atoms with E-state index in [1.807, 2.05) is 24.3 Å². The van der Waals surface area contributed by atoms with Gasteiger partial charge in [0, 0.05) is 18.7 Å². The molecule has 0 aromatic heterocycles. The van der Waals surface area contributed by atoms with E-state index in [-0.39, 0.29) is 0 Å². The fraction of sp³-hybridized carbons (Fsp3) is 0.400. The first kappa shape index (κ1) is 16.3. The quantitative estimate of drug-likeness (QED) is 0.444. The summed E-state index contributed by atoms with van der Waals surface area (Å²) in [6.07, 6.45) is 0.597. The summed E-state index contributed by atoms with van der Waals surface area (Å²) >= 11 is 0. The SMILES string of the molecule is NCc1ccc(C#CCOCCCOCC(=O)F)cc1. The standard InChI is InChI=1S/C15H18FNO3/c16-15(18)12-20-10-2-9-19-8-1-3-13-4-6-14(11-17)7-5-13/h4-7H,2,8-12,17H2. The molecule has 0 atom stereocenters. The van der Waals surface area contributed by atoms with Crippen molar-refractivity contribution in [3.05, 3.63) is 35.4 Å². The second-order valence-electron chi connectivity index (χ2n) is 4.02. The van der Waals surface area contributed by atoms with Crippen LogP contribution in [0.3, 0.4) is 0 Å². The molecule has 0 aliphatic heterocycles. The number of benzene rings is 1. The number of hydrogen-bond donors (Lipinski definition) is 1. The Morgan fingerprint density at radius 2 is 1.90 bits per heavy atom. The van der Waals surface area contributed by atoms with E-state index in [1.165, 1.54) is 0 Å². The molecular weight excluding hydrogens is 261 g/mol. The number of nitrogens with two attached hydrogens (primary N) is 1. The molecule has 0 bridgehead atoms. The Balaban J connectivity index is 2.09. The zero-order valence-corrected chi connectivity index (χ0v) is 11.2. The van der Waals surface area contributed by atoms with Crippen LogP contribution in [0.1, 0.15) is 17.5 Å². The molecule has 1 aromatic rings. The Morgan fingerprint density at radius 3 is 2.55 bits per heavy atom. The minimum atomic E-state index is -1.46. The van der Waals surface area contributed by atoms with Crippen molar-refractivity contribution in [3.63, 3.8) is 0 Å². The van der Waals surface area contributed by atoms with Crippen molar-refractivity contribution >= 4 is 6.04 Å². The molecule has 0 heterocycles. The van der Waals surface area contributed by atoms with Gasteiger partial charge in [0.2, 0.25) is 0 Å². The normalized spacial score (nSPS) is 9.90. The molecule has 20 heavy (non-hydrogen) atoms. The maximum Gasteiger partial charge on any atom is 0.326 e. The molecule has 5 heteroatoms. The molecule has 2 N–H and O–H groups in total. The maximum absolute atomic E-state index is 11.8. The molecule has 0 spiro atoms. The van der Waals surface area contributed by atoms with Crippen molar-refractivity contribution in [2.75, 3.05) is 26.4 Å². The average molecular weight is 279 g/mol. The third kappa shape index (κ3) is 7.64. The van der Waals surface area contributed by atoms with Gasteiger partial charge in [0.1, 0.15) is 13.2 Å². The van der Waals surface area contributed by atoms with E-state index in [0.717, 1.165) is 11.1 Å². The van der Waals surface area contributed by atoms with Crippen LogP contribution < -0.4 is 5.73 Å². The lowest BCUT2D eigenvalue weighted by atomic mass is 10.1. The van der Waals surface area contributed by atoms with Crippen LogP contribution in [0.2, 0.25) is 0 Å². The fourth-order valence-corrected chi connectivity index (χ4v) is 1.40. The van der Waals surface area contributed by atoms with Crippen LogP contribution in [0.4, 0.5) is 4.39 Å². The summed E-state index contributed by atoms with van der Waals surface area (Å²) in [5, 5.41) is 0. The van der Waals surface area contributed by atoms with Gasteiger partial charge in [-0.15, -0.1) is 0 Å². The summed E-state index contributed by atoms with van der Waals surface area (Å²) in [6, 6.07) is 6.24. The lowest BCUT2D eigenvalue weighted by Crippen LogP contribution is -2.06. The fourth-order valence-electron chi connectivity index (χ4n) is 1.40. The van der Waals surface area contributed by atoms with Crippen LogP contribution in [0.15, 0.2) is 24.3 Å². The smallest absolute Gasteiger partial charge is 0.326 e. The Labute approximate surface area is 118 Å². The number of ether oxygens (including phenoxy) is 2. The van der Waals surface area contributed by atoms with Gasteiger partial charge in [-0.1, -0.05) is 24.0 Å². The van der Waals surface area contributed by atoms with E-state index < -0.39 is 12.6 Å². The van der Waals surface area contributed by atoms with Crippen LogP contribution in [0.5, 0.6) is 0 Å². The summed E-state index contributed by atoms with van der Waals surface area (Å²) in [5.41, 5.74) is 7.48. The molecule has 0 radical (unpaired) electrons. The van der Waals surface area contributed by atoms with Crippen LogP contribution in [0, 0.1) is 11.8 Å². The van der Waals surface area contributed by atoms with Gasteiger partial charge in [0.15, 0.2) is 0 Å². The first-order chi connectivity index (χ1) is 9.72. The Kier molecular flexibility index (Phi) is 8.24. The number of carbonyl (C=O) groups excluding carboxylic acids is 1. The van der Waals surface area contributed by atoms with E-state index in [9.17, 15) is 9.18 Å². The highest BCUT2D eigenvalue weighted by molar-refractivity contribution is 5.69. The molecule has 0 aliphatic carbocycles. The summed E-state index contributed by atoms with van der Waals surface area (Å²) in [7, 11) is 0. The van der Waals surface area contributed by atoms with E-state index in [4.69, 9.17) is 15.2 Å². The highest BCUT2D eigenvalue weighted by Gasteiger charge is 1.96. The second-order valence-corrected chi connectivity index (χ2v) is 4.02. The van der Waals surface area contributed by atoms with Gasteiger partial charge in [-0.05, 0) is 24.1 Å². The van der Waals surface area contributed by atoms with Crippen molar-refractivity contribution in [2.45, 2.75) is 13.0 Å². The number of halogens is 1. The van der Waals surface area contributed by atoms with Gasteiger partial charge >= 0.3 is 6.04 Å². The molecule has 1 aromatic carbocycles. The van der Waals surface area contributed by atoms with E-state index in [2.05, 4.69) is 11.8 Å². The van der Waals surface area contributed by atoms with Crippen molar-refractivity contribution in [2.24, 2.45) is 5.73 Å². The first-order valence-corrected chi connectivity index (χ1v) is 6.34. The summed E-state index contributed by atoms with van der Waals surface area (Å²) in [4.78, 5) is 9.94. The largest absolute Gasteiger partial charge is 0.371 e. The minimum absolute atomic E-state index is 0.295. The highest BCUT2D eigenvalue weighted by atomic mass is 19.1. The third-order valence-electron chi connectivity index (χ3n) is 2.39. The number of rotatable bonds is 8. The monoisotopic (exact) mass is 279 g/mol. The van der Waals surface area contributed by atoms with Crippen LogP contribution >= 0.6 is 0 Å².